The first-order valence-corrected chi connectivity index (χ1v) is 11.7. The minimum absolute atomic E-state index is 0.448. The third-order valence-electron chi connectivity index (χ3n) is 6.32. The van der Waals surface area contributed by atoms with Crippen molar-refractivity contribution < 1.29 is 0 Å². The van der Waals surface area contributed by atoms with E-state index in [4.69, 9.17) is 0 Å². The molecule has 2 aliphatic carbocycles. The zero-order valence-electron chi connectivity index (χ0n) is 15.5. The monoisotopic (exact) mass is 396 g/mol. The van der Waals surface area contributed by atoms with Crippen LogP contribution in [-0.2, 0) is 5.75 Å². The van der Waals surface area contributed by atoms with Gasteiger partial charge in [-0.2, -0.15) is 0 Å². The normalized spacial score (nSPS) is 25.1. The highest BCUT2D eigenvalue weighted by Gasteiger charge is 2.43. The fraction of sp³-hybridized carbons (Fsp3) is 0.476. The van der Waals surface area contributed by atoms with E-state index in [9.17, 15) is 0 Å². The van der Waals surface area contributed by atoms with Crippen molar-refractivity contribution in [2.75, 3.05) is 0 Å². The predicted molar refractivity (Wildman–Crippen MR) is 111 cm³/mol. The molecule has 6 heteroatoms. The quantitative estimate of drug-likeness (QED) is 0.502. The van der Waals surface area contributed by atoms with Gasteiger partial charge in [0.25, 0.3) is 0 Å². The zero-order valence-corrected chi connectivity index (χ0v) is 17.1. The van der Waals surface area contributed by atoms with Crippen molar-refractivity contribution in [3.63, 3.8) is 0 Å². The molecule has 0 saturated heterocycles. The molecule has 4 atom stereocenters. The van der Waals surface area contributed by atoms with Crippen molar-refractivity contribution in [2.45, 2.75) is 49.6 Å². The molecule has 0 aliphatic heterocycles. The molecular weight excluding hydrogens is 372 g/mol. The second-order valence-corrected chi connectivity index (χ2v) is 9.77. The minimum atomic E-state index is 0.448. The first-order chi connectivity index (χ1) is 13.3. The van der Waals surface area contributed by atoms with E-state index in [0.717, 1.165) is 34.5 Å². The summed E-state index contributed by atoms with van der Waals surface area (Å²) >= 11 is 3.53. The minimum Gasteiger partial charge on any atom is -0.298 e. The number of thioether (sulfide) groups is 1. The molecule has 140 valence electrons. The highest BCUT2D eigenvalue weighted by Crippen LogP contribution is 2.53. The SMILES string of the molecule is CC(C1CC2CCC1C2)n1c(SCc2cccnc2)nnc1-c1cccs1. The summed E-state index contributed by atoms with van der Waals surface area (Å²) in [4.78, 5) is 5.45. The number of rotatable bonds is 6. The summed E-state index contributed by atoms with van der Waals surface area (Å²) in [5.74, 6) is 4.51. The number of fused-ring (bicyclic) bond motifs is 2. The second kappa shape index (κ2) is 7.40. The summed E-state index contributed by atoms with van der Waals surface area (Å²) in [5, 5.41) is 12.4. The Labute approximate surface area is 168 Å². The first-order valence-electron chi connectivity index (χ1n) is 9.80. The molecule has 2 bridgehead atoms. The molecule has 0 amide bonds. The van der Waals surface area contributed by atoms with E-state index in [1.165, 1.54) is 36.1 Å². The number of aromatic nitrogens is 4. The van der Waals surface area contributed by atoms with Crippen molar-refractivity contribution >= 4 is 23.1 Å². The van der Waals surface area contributed by atoms with Crippen LogP contribution in [0.4, 0.5) is 0 Å². The number of hydrogen-bond donors (Lipinski definition) is 0. The average molecular weight is 397 g/mol. The summed E-state index contributed by atoms with van der Waals surface area (Å²) < 4.78 is 2.43. The van der Waals surface area contributed by atoms with Crippen LogP contribution in [0.2, 0.25) is 0 Å². The van der Waals surface area contributed by atoms with Crippen LogP contribution in [0.3, 0.4) is 0 Å². The van der Waals surface area contributed by atoms with Crippen molar-refractivity contribution in [3.8, 4) is 10.7 Å². The van der Waals surface area contributed by atoms with Crippen molar-refractivity contribution in [2.24, 2.45) is 17.8 Å². The van der Waals surface area contributed by atoms with E-state index in [-0.39, 0.29) is 0 Å². The van der Waals surface area contributed by atoms with Crippen molar-refractivity contribution in [1.29, 1.82) is 0 Å². The summed E-state index contributed by atoms with van der Waals surface area (Å²) in [5.41, 5.74) is 1.22. The highest BCUT2D eigenvalue weighted by atomic mass is 32.2. The number of pyridine rings is 1. The van der Waals surface area contributed by atoms with Gasteiger partial charge in [-0.3, -0.25) is 9.55 Å². The predicted octanol–water partition coefficient (Wildman–Crippen LogP) is 5.69. The maximum atomic E-state index is 4.61. The van der Waals surface area contributed by atoms with Crippen LogP contribution in [0.15, 0.2) is 47.2 Å². The summed E-state index contributed by atoms with van der Waals surface area (Å²) in [6.45, 7) is 2.39. The van der Waals surface area contributed by atoms with Gasteiger partial charge < -0.3 is 0 Å². The average Bonchev–Trinajstić information content (AvgIpc) is 3.50. The lowest BCUT2D eigenvalue weighted by Gasteiger charge is -2.30. The Bertz CT molecular complexity index is 890. The van der Waals surface area contributed by atoms with Gasteiger partial charge in [-0.1, -0.05) is 30.3 Å². The molecule has 2 saturated carbocycles. The smallest absolute Gasteiger partial charge is 0.192 e. The Kier molecular flexibility index (Phi) is 4.78. The number of nitrogens with zero attached hydrogens (tertiary/aromatic N) is 4. The summed E-state index contributed by atoms with van der Waals surface area (Å²) in [6.07, 6.45) is 9.42. The Morgan fingerprint density at radius 3 is 2.89 bits per heavy atom. The molecule has 0 spiro atoms. The van der Waals surface area contributed by atoms with E-state index in [0.29, 0.717) is 6.04 Å². The van der Waals surface area contributed by atoms with E-state index < -0.39 is 0 Å². The zero-order chi connectivity index (χ0) is 18.2. The van der Waals surface area contributed by atoms with Crippen LogP contribution in [0, 0.1) is 17.8 Å². The summed E-state index contributed by atoms with van der Waals surface area (Å²) in [6, 6.07) is 8.83. The van der Waals surface area contributed by atoms with Gasteiger partial charge in [0.2, 0.25) is 0 Å². The molecule has 5 rings (SSSR count). The molecule has 0 aromatic carbocycles. The van der Waals surface area contributed by atoms with Gasteiger partial charge in [-0.05, 0) is 67.0 Å². The van der Waals surface area contributed by atoms with Gasteiger partial charge in [0.05, 0.1) is 4.88 Å². The third-order valence-corrected chi connectivity index (χ3v) is 8.20. The van der Waals surface area contributed by atoms with Crippen LogP contribution >= 0.6 is 23.1 Å². The number of thiophene rings is 1. The topological polar surface area (TPSA) is 43.6 Å². The molecule has 0 radical (unpaired) electrons. The van der Waals surface area contributed by atoms with Crippen LogP contribution in [-0.4, -0.2) is 19.7 Å². The Balaban J connectivity index is 1.46. The molecule has 3 heterocycles. The lowest BCUT2D eigenvalue weighted by atomic mass is 9.84. The van der Waals surface area contributed by atoms with Crippen LogP contribution < -0.4 is 0 Å². The molecule has 4 nitrogen and oxygen atoms in total. The maximum absolute atomic E-state index is 4.61. The van der Waals surface area contributed by atoms with Gasteiger partial charge in [-0.15, -0.1) is 21.5 Å². The molecule has 2 fully saturated rings. The molecule has 2 aliphatic rings. The highest BCUT2D eigenvalue weighted by molar-refractivity contribution is 7.98. The maximum Gasteiger partial charge on any atom is 0.192 e. The van der Waals surface area contributed by atoms with Gasteiger partial charge in [0, 0.05) is 24.2 Å². The lowest BCUT2D eigenvalue weighted by Crippen LogP contribution is -2.23. The molecular formula is C21H24N4S2. The molecule has 3 aromatic heterocycles. The molecule has 4 unspecified atom stereocenters. The van der Waals surface area contributed by atoms with Crippen LogP contribution in [0.1, 0.15) is 44.2 Å². The Morgan fingerprint density at radius 1 is 1.22 bits per heavy atom. The number of hydrogen-bond acceptors (Lipinski definition) is 5. The van der Waals surface area contributed by atoms with Gasteiger partial charge in [-0.25, -0.2) is 0 Å². The molecule has 3 aromatic rings. The van der Waals surface area contributed by atoms with E-state index in [1.54, 1.807) is 23.1 Å². The van der Waals surface area contributed by atoms with Crippen molar-refractivity contribution in [1.82, 2.24) is 19.7 Å². The fourth-order valence-electron chi connectivity index (χ4n) is 5.02. The van der Waals surface area contributed by atoms with Crippen LogP contribution in [0.5, 0.6) is 0 Å². The van der Waals surface area contributed by atoms with E-state index in [2.05, 4.69) is 50.3 Å². The van der Waals surface area contributed by atoms with Gasteiger partial charge in [0.15, 0.2) is 11.0 Å². The fourth-order valence-corrected chi connectivity index (χ4v) is 6.69. The van der Waals surface area contributed by atoms with Gasteiger partial charge in [0.1, 0.15) is 0 Å². The Morgan fingerprint density at radius 2 is 2.19 bits per heavy atom. The van der Waals surface area contributed by atoms with Crippen molar-refractivity contribution in [3.05, 3.63) is 47.6 Å². The Hall–Kier alpha value is -1.66. The van der Waals surface area contributed by atoms with E-state index in [1.807, 2.05) is 18.5 Å². The largest absolute Gasteiger partial charge is 0.298 e. The summed E-state index contributed by atoms with van der Waals surface area (Å²) in [7, 11) is 0. The second-order valence-electron chi connectivity index (χ2n) is 7.88. The van der Waals surface area contributed by atoms with Gasteiger partial charge >= 0.3 is 0 Å². The molecule has 0 N–H and O–H groups in total. The third kappa shape index (κ3) is 3.34. The molecule has 27 heavy (non-hydrogen) atoms. The standard InChI is InChI=1S/C21H24N4S2/c1-14(18-11-15-6-7-17(18)10-15)25-20(19-5-3-9-26-19)23-24-21(25)27-13-16-4-2-8-22-12-16/h2-5,8-9,12,14-15,17-18H,6-7,10-11,13H2,1H3. The van der Waals surface area contributed by atoms with E-state index >= 15 is 0 Å². The van der Waals surface area contributed by atoms with Crippen LogP contribution in [0.25, 0.3) is 10.7 Å². The first kappa shape index (κ1) is 17.4. The lowest BCUT2D eigenvalue weighted by molar-refractivity contribution is 0.235.